The zero-order chi connectivity index (χ0) is 38.2. The number of hydrogen-bond donors (Lipinski definition) is 0. The number of para-hydroxylation sites is 3. The molecule has 3 aromatic heterocycles. The summed E-state index contributed by atoms with van der Waals surface area (Å²) in [5, 5.41) is 9.67. The first-order chi connectivity index (χ1) is 28.8. The lowest BCUT2D eigenvalue weighted by Crippen LogP contribution is -2.04. The largest absolute Gasteiger partial charge is 0.309 e. The topological polar surface area (TPSA) is 35.6 Å². The van der Waals surface area contributed by atoms with Crippen LogP contribution in [0.3, 0.4) is 0 Å². The highest BCUT2D eigenvalue weighted by molar-refractivity contribution is 6.21. The molecule has 4 nitrogen and oxygen atoms in total. The molecule has 0 aliphatic rings. The van der Waals surface area contributed by atoms with E-state index >= 15 is 0 Å². The Balaban J connectivity index is 1.12. The van der Waals surface area contributed by atoms with Gasteiger partial charge in [0, 0.05) is 38.4 Å². The van der Waals surface area contributed by atoms with Gasteiger partial charge in [-0.1, -0.05) is 146 Å². The van der Waals surface area contributed by atoms with Crippen molar-refractivity contribution in [2.75, 3.05) is 0 Å². The zero-order valence-electron chi connectivity index (χ0n) is 31.4. The molecule has 3 heterocycles. The smallest absolute Gasteiger partial charge is 0.235 e. The number of benzene rings is 9. The third-order valence-corrected chi connectivity index (χ3v) is 11.7. The highest BCUT2D eigenvalue weighted by Crippen LogP contribution is 2.42. The van der Waals surface area contributed by atoms with Crippen LogP contribution in [0.25, 0.3) is 110 Å². The molecule has 0 fully saturated rings. The normalized spacial score (nSPS) is 11.8. The average molecular weight is 739 g/mol. The summed E-state index contributed by atoms with van der Waals surface area (Å²) in [5.41, 5.74) is 12.0. The maximum Gasteiger partial charge on any atom is 0.235 e. The Bertz CT molecular complexity index is 3490. The van der Waals surface area contributed by atoms with E-state index in [0.717, 1.165) is 39.2 Å². The molecule has 12 rings (SSSR count). The van der Waals surface area contributed by atoms with E-state index in [1.54, 1.807) is 0 Å². The van der Waals surface area contributed by atoms with Crippen LogP contribution in [0.1, 0.15) is 0 Å². The van der Waals surface area contributed by atoms with Crippen LogP contribution in [0.2, 0.25) is 0 Å². The van der Waals surface area contributed by atoms with E-state index in [2.05, 4.69) is 203 Å². The Kier molecular flexibility index (Phi) is 7.20. The Morgan fingerprint density at radius 3 is 1.47 bits per heavy atom. The first-order valence-corrected chi connectivity index (χ1v) is 19.7. The van der Waals surface area contributed by atoms with Crippen molar-refractivity contribution in [2.45, 2.75) is 0 Å². The molecular weight excluding hydrogens is 705 g/mol. The quantitative estimate of drug-likeness (QED) is 0.165. The zero-order valence-corrected chi connectivity index (χ0v) is 31.4. The highest BCUT2D eigenvalue weighted by atomic mass is 15.2. The second-order valence-corrected chi connectivity index (χ2v) is 15.0. The Labute approximate surface area is 334 Å². The monoisotopic (exact) mass is 738 g/mol. The van der Waals surface area contributed by atoms with E-state index in [-0.39, 0.29) is 0 Å². The van der Waals surface area contributed by atoms with Crippen LogP contribution in [0.4, 0.5) is 0 Å². The molecule has 0 saturated heterocycles. The Hall–Kier alpha value is -7.82. The van der Waals surface area contributed by atoms with Crippen LogP contribution >= 0.6 is 0 Å². The van der Waals surface area contributed by atoms with Gasteiger partial charge in [0.05, 0.1) is 33.5 Å². The summed E-state index contributed by atoms with van der Waals surface area (Å²) in [6, 6.07) is 73.8. The minimum atomic E-state index is 0.645. The van der Waals surface area contributed by atoms with Gasteiger partial charge in [-0.2, -0.15) is 0 Å². The van der Waals surface area contributed by atoms with Crippen molar-refractivity contribution in [2.24, 2.45) is 0 Å². The van der Waals surface area contributed by atoms with E-state index in [0.29, 0.717) is 5.95 Å². The van der Waals surface area contributed by atoms with Gasteiger partial charge < -0.3 is 4.57 Å². The Morgan fingerprint density at radius 1 is 0.293 bits per heavy atom. The van der Waals surface area contributed by atoms with E-state index < -0.39 is 0 Å². The van der Waals surface area contributed by atoms with Crippen LogP contribution < -0.4 is 0 Å². The molecule has 0 aliphatic heterocycles. The minimum Gasteiger partial charge on any atom is -0.309 e. The molecule has 0 atom stereocenters. The summed E-state index contributed by atoms with van der Waals surface area (Å²) < 4.78 is 4.63. The predicted molar refractivity (Wildman–Crippen MR) is 242 cm³/mol. The lowest BCUT2D eigenvalue weighted by atomic mass is 9.92. The molecule has 12 aromatic rings. The fraction of sp³-hybridized carbons (Fsp3) is 0. The van der Waals surface area contributed by atoms with E-state index in [1.165, 1.54) is 65.3 Å². The first-order valence-electron chi connectivity index (χ1n) is 19.7. The number of rotatable bonds is 5. The predicted octanol–water partition coefficient (Wildman–Crippen LogP) is 14.0. The summed E-state index contributed by atoms with van der Waals surface area (Å²) in [6.45, 7) is 0. The first kappa shape index (κ1) is 32.4. The van der Waals surface area contributed by atoms with Crippen molar-refractivity contribution in [1.29, 1.82) is 0 Å². The van der Waals surface area contributed by atoms with Gasteiger partial charge >= 0.3 is 0 Å². The lowest BCUT2D eigenvalue weighted by molar-refractivity contribution is 0.996. The van der Waals surface area contributed by atoms with Gasteiger partial charge in [-0.25, -0.2) is 9.97 Å². The molecule has 0 saturated carbocycles. The molecule has 0 aliphatic carbocycles. The lowest BCUT2D eigenvalue weighted by Gasteiger charge is -2.14. The Morgan fingerprint density at radius 2 is 0.810 bits per heavy atom. The van der Waals surface area contributed by atoms with Crippen molar-refractivity contribution in [1.82, 2.24) is 19.1 Å². The fourth-order valence-corrected chi connectivity index (χ4v) is 9.07. The number of hydrogen-bond acceptors (Lipinski definition) is 2. The molecule has 9 aromatic carbocycles. The van der Waals surface area contributed by atoms with Crippen molar-refractivity contribution >= 4 is 65.2 Å². The SMILES string of the molecule is c1ccc(-c2cc(-c3ccccc3)nc(-n3c4ccccc4c4cc5c(cc(-c6ccc7c(c6)c6ccccc6n7-c6ccccc6)c6ccccc65)cc43)n2)cc1. The molecule has 0 bridgehead atoms. The average Bonchev–Trinajstić information content (AvgIpc) is 3.81. The number of fused-ring (bicyclic) bond motifs is 9. The van der Waals surface area contributed by atoms with Gasteiger partial charge in [0.1, 0.15) is 0 Å². The summed E-state index contributed by atoms with van der Waals surface area (Å²) in [6.07, 6.45) is 0. The fourth-order valence-electron chi connectivity index (χ4n) is 9.07. The van der Waals surface area contributed by atoms with Crippen LogP contribution in [0.15, 0.2) is 206 Å². The number of aromatic nitrogens is 4. The second kappa shape index (κ2) is 12.9. The summed E-state index contributed by atoms with van der Waals surface area (Å²) in [5.74, 6) is 0.645. The van der Waals surface area contributed by atoms with Gasteiger partial charge in [-0.15, -0.1) is 0 Å². The molecule has 270 valence electrons. The third kappa shape index (κ3) is 5.02. The molecule has 0 radical (unpaired) electrons. The number of nitrogens with zero attached hydrogens (tertiary/aromatic N) is 4. The van der Waals surface area contributed by atoms with E-state index in [4.69, 9.17) is 9.97 Å². The summed E-state index contributed by atoms with van der Waals surface area (Å²) in [4.78, 5) is 10.6. The molecule has 0 amide bonds. The highest BCUT2D eigenvalue weighted by Gasteiger charge is 2.20. The van der Waals surface area contributed by atoms with Crippen molar-refractivity contribution in [3.8, 4) is 45.3 Å². The molecule has 58 heavy (non-hydrogen) atoms. The van der Waals surface area contributed by atoms with Crippen molar-refractivity contribution in [3.05, 3.63) is 206 Å². The minimum absolute atomic E-state index is 0.645. The van der Waals surface area contributed by atoms with Gasteiger partial charge in [-0.05, 0) is 93.3 Å². The van der Waals surface area contributed by atoms with Gasteiger partial charge in [0.25, 0.3) is 0 Å². The van der Waals surface area contributed by atoms with Crippen LogP contribution in [0, 0.1) is 0 Å². The van der Waals surface area contributed by atoms with Crippen molar-refractivity contribution in [3.63, 3.8) is 0 Å². The van der Waals surface area contributed by atoms with Gasteiger partial charge in [-0.3, -0.25) is 4.57 Å². The van der Waals surface area contributed by atoms with Crippen molar-refractivity contribution < 1.29 is 0 Å². The molecule has 0 spiro atoms. The molecular formula is C54H34N4. The second-order valence-electron chi connectivity index (χ2n) is 15.0. The summed E-state index contributed by atoms with van der Waals surface area (Å²) in [7, 11) is 0. The molecule has 4 heteroatoms. The molecule has 0 N–H and O–H groups in total. The molecule has 0 unspecified atom stereocenters. The standard InChI is InChI=1S/C54H34N4/c1-4-16-35(17-5-1)48-34-49(36-18-6-2-7-19-36)56-54(55-48)58-51-27-15-13-25-43(51)47-33-45-38(32-53(47)58)31-44(40-22-10-11-23-41(40)45)37-28-29-52-46(30-37)42-24-12-14-26-50(42)57(52)39-20-8-3-9-21-39/h1-34H. The maximum atomic E-state index is 5.29. The van der Waals surface area contributed by atoms with E-state index in [1.807, 2.05) is 12.1 Å². The summed E-state index contributed by atoms with van der Waals surface area (Å²) >= 11 is 0. The van der Waals surface area contributed by atoms with Crippen LogP contribution in [-0.2, 0) is 0 Å². The van der Waals surface area contributed by atoms with Crippen LogP contribution in [0.5, 0.6) is 0 Å². The van der Waals surface area contributed by atoms with Gasteiger partial charge in [0.15, 0.2) is 0 Å². The van der Waals surface area contributed by atoms with E-state index in [9.17, 15) is 0 Å². The third-order valence-electron chi connectivity index (χ3n) is 11.7. The van der Waals surface area contributed by atoms with Gasteiger partial charge in [0.2, 0.25) is 5.95 Å². The van der Waals surface area contributed by atoms with Crippen LogP contribution in [-0.4, -0.2) is 19.1 Å². The maximum absolute atomic E-state index is 5.29.